The first-order valence-electron chi connectivity index (χ1n) is 9.58. The molecule has 1 saturated heterocycles. The molecule has 0 radical (unpaired) electrons. The van der Waals surface area contributed by atoms with Crippen LogP contribution in [-0.2, 0) is 40.5 Å². The molecular weight excluding hydrogens is 366 g/mol. The highest BCUT2D eigenvalue weighted by atomic mass is 32.2. The number of carbonyl (C=O) groups is 2. The van der Waals surface area contributed by atoms with Gasteiger partial charge in [0.15, 0.2) is 0 Å². The molecule has 3 amide bonds. The van der Waals surface area contributed by atoms with Crippen molar-refractivity contribution in [2.24, 2.45) is 0 Å². The average Bonchev–Trinajstić information content (AvgIpc) is 3.25. The third-order valence-corrected chi connectivity index (χ3v) is 7.70. The Morgan fingerprint density at radius 3 is 2.30 bits per heavy atom. The van der Waals surface area contributed by atoms with Crippen LogP contribution < -0.4 is 10.0 Å². The number of sulfonamides is 1. The van der Waals surface area contributed by atoms with Crippen LogP contribution in [0.25, 0.3) is 0 Å². The topological polar surface area (TPSA) is 95.6 Å². The van der Waals surface area contributed by atoms with Crippen molar-refractivity contribution in [2.45, 2.75) is 56.6 Å². The van der Waals surface area contributed by atoms with E-state index >= 15 is 0 Å². The molecule has 0 spiro atoms. The lowest BCUT2D eigenvalue weighted by molar-refractivity contribution is -0.131. The Kier molecular flexibility index (Phi) is 4.61. The summed E-state index contributed by atoms with van der Waals surface area (Å²) < 4.78 is 27.4. The number of hydrogen-bond donors (Lipinski definition) is 2. The summed E-state index contributed by atoms with van der Waals surface area (Å²) in [5.41, 5.74) is 5.70. The molecule has 0 bridgehead atoms. The highest BCUT2D eigenvalue weighted by Gasteiger charge is 2.34. The molecule has 4 rings (SSSR count). The fraction of sp³-hybridized carbons (Fsp3) is 0.579. The summed E-state index contributed by atoms with van der Waals surface area (Å²) in [5, 5.41) is 2.08. The number of hydrogen-bond acceptors (Lipinski definition) is 4. The van der Waals surface area contributed by atoms with Crippen molar-refractivity contribution in [3.8, 4) is 0 Å². The lowest BCUT2D eigenvalue weighted by atomic mass is 9.99. The van der Waals surface area contributed by atoms with E-state index < -0.39 is 21.3 Å². The van der Waals surface area contributed by atoms with E-state index in [9.17, 15) is 18.0 Å². The highest BCUT2D eigenvalue weighted by Crippen LogP contribution is 2.38. The van der Waals surface area contributed by atoms with Crippen molar-refractivity contribution < 1.29 is 18.0 Å². The molecule has 1 fully saturated rings. The van der Waals surface area contributed by atoms with E-state index in [1.807, 2.05) is 0 Å². The summed E-state index contributed by atoms with van der Waals surface area (Å²) in [6, 6.07) is 1.56. The van der Waals surface area contributed by atoms with Crippen LogP contribution in [0, 0.1) is 0 Å². The SMILES string of the molecule is CN1CC(S(=O)(=O)NC(=O)Nc2c3c(cc4c2CCC4)CCC3)CCC1=O. The van der Waals surface area contributed by atoms with Gasteiger partial charge in [-0.05, 0) is 67.2 Å². The zero-order valence-electron chi connectivity index (χ0n) is 15.5. The molecule has 1 aromatic carbocycles. The Labute approximate surface area is 159 Å². The first-order valence-corrected chi connectivity index (χ1v) is 11.1. The average molecular weight is 391 g/mol. The van der Waals surface area contributed by atoms with Crippen molar-refractivity contribution >= 4 is 27.6 Å². The van der Waals surface area contributed by atoms with Crippen molar-refractivity contribution in [2.75, 3.05) is 18.9 Å². The normalized spacial score (nSPS) is 21.7. The standard InChI is InChI=1S/C19H25N3O4S/c1-22-11-14(8-9-17(22)23)27(25,26)21-19(24)20-18-15-6-2-4-12(15)10-13-5-3-7-16(13)18/h10,14H,2-9,11H2,1H3,(H2,20,21,24). The number of likely N-dealkylation sites (tertiary alicyclic amines) is 1. The maximum atomic E-state index is 12.6. The predicted octanol–water partition coefficient (Wildman–Crippen LogP) is 1.74. The maximum absolute atomic E-state index is 12.6. The van der Waals surface area contributed by atoms with Crippen LogP contribution in [-0.4, -0.2) is 44.1 Å². The zero-order valence-corrected chi connectivity index (χ0v) is 16.3. The monoisotopic (exact) mass is 391 g/mol. The van der Waals surface area contributed by atoms with E-state index in [-0.39, 0.29) is 25.3 Å². The molecule has 0 aromatic heterocycles. The van der Waals surface area contributed by atoms with Gasteiger partial charge >= 0.3 is 6.03 Å². The summed E-state index contributed by atoms with van der Waals surface area (Å²) in [4.78, 5) is 25.5. The van der Waals surface area contributed by atoms with Crippen LogP contribution >= 0.6 is 0 Å². The second kappa shape index (κ2) is 6.82. The molecule has 1 atom stereocenters. The molecule has 8 heteroatoms. The fourth-order valence-electron chi connectivity index (χ4n) is 4.55. The molecule has 2 N–H and O–H groups in total. The van der Waals surface area contributed by atoms with Crippen LogP contribution in [0.5, 0.6) is 0 Å². The number of aryl methyl sites for hydroxylation is 2. The van der Waals surface area contributed by atoms with E-state index in [0.717, 1.165) is 55.3 Å². The number of nitrogens with zero attached hydrogens (tertiary/aromatic N) is 1. The van der Waals surface area contributed by atoms with Gasteiger partial charge in [-0.15, -0.1) is 0 Å². The van der Waals surface area contributed by atoms with Gasteiger partial charge in [0.2, 0.25) is 15.9 Å². The lowest BCUT2D eigenvalue weighted by Gasteiger charge is -2.29. The van der Waals surface area contributed by atoms with Gasteiger partial charge in [0.05, 0.1) is 5.25 Å². The summed E-state index contributed by atoms with van der Waals surface area (Å²) in [5.74, 6) is -0.0682. The van der Waals surface area contributed by atoms with Crippen molar-refractivity contribution in [3.63, 3.8) is 0 Å². The Balaban J connectivity index is 1.51. The molecule has 1 aromatic rings. The molecular formula is C19H25N3O4S. The number of benzene rings is 1. The number of anilines is 1. The molecule has 27 heavy (non-hydrogen) atoms. The summed E-state index contributed by atoms with van der Waals surface area (Å²) in [6.45, 7) is 0.109. The van der Waals surface area contributed by atoms with E-state index in [1.54, 1.807) is 7.05 Å². The number of amides is 3. The fourth-order valence-corrected chi connectivity index (χ4v) is 5.87. The van der Waals surface area contributed by atoms with Crippen LogP contribution in [0.4, 0.5) is 10.5 Å². The molecule has 1 heterocycles. The van der Waals surface area contributed by atoms with Gasteiger partial charge in [0, 0.05) is 25.7 Å². The first kappa shape index (κ1) is 18.3. The molecule has 7 nitrogen and oxygen atoms in total. The Hall–Kier alpha value is -2.09. The number of rotatable bonds is 3. The second-order valence-electron chi connectivity index (χ2n) is 7.77. The number of piperidine rings is 1. The minimum absolute atomic E-state index is 0.0682. The molecule has 146 valence electrons. The quantitative estimate of drug-likeness (QED) is 0.820. The van der Waals surface area contributed by atoms with Gasteiger partial charge in [-0.3, -0.25) is 4.79 Å². The van der Waals surface area contributed by atoms with Crippen LogP contribution in [0.15, 0.2) is 6.07 Å². The number of nitrogens with one attached hydrogen (secondary N) is 2. The van der Waals surface area contributed by atoms with E-state index in [2.05, 4.69) is 16.1 Å². The highest BCUT2D eigenvalue weighted by molar-refractivity contribution is 7.90. The van der Waals surface area contributed by atoms with Crippen LogP contribution in [0.1, 0.15) is 47.9 Å². The molecule has 3 aliphatic rings. The first-order chi connectivity index (χ1) is 12.8. The van der Waals surface area contributed by atoms with E-state index in [0.29, 0.717) is 0 Å². The smallest absolute Gasteiger partial charge is 0.332 e. The molecule has 2 aliphatic carbocycles. The van der Waals surface area contributed by atoms with Crippen molar-refractivity contribution in [1.82, 2.24) is 9.62 Å². The minimum atomic E-state index is -3.84. The van der Waals surface area contributed by atoms with E-state index in [4.69, 9.17) is 0 Å². The van der Waals surface area contributed by atoms with Gasteiger partial charge in [-0.25, -0.2) is 17.9 Å². The summed E-state index contributed by atoms with van der Waals surface area (Å²) >= 11 is 0. The Bertz CT molecular complexity index is 878. The van der Waals surface area contributed by atoms with Gasteiger partial charge in [0.1, 0.15) is 0 Å². The lowest BCUT2D eigenvalue weighted by Crippen LogP contribution is -2.49. The minimum Gasteiger partial charge on any atom is -0.344 e. The van der Waals surface area contributed by atoms with Gasteiger partial charge in [0.25, 0.3) is 0 Å². The Morgan fingerprint density at radius 2 is 1.70 bits per heavy atom. The number of carbonyl (C=O) groups excluding carboxylic acids is 2. The van der Waals surface area contributed by atoms with Gasteiger partial charge < -0.3 is 10.2 Å². The largest absolute Gasteiger partial charge is 0.344 e. The molecule has 0 saturated carbocycles. The van der Waals surface area contributed by atoms with Crippen LogP contribution in [0.2, 0.25) is 0 Å². The van der Waals surface area contributed by atoms with Crippen LogP contribution in [0.3, 0.4) is 0 Å². The van der Waals surface area contributed by atoms with E-state index in [1.165, 1.54) is 16.0 Å². The molecule has 1 aliphatic heterocycles. The number of urea groups is 1. The Morgan fingerprint density at radius 1 is 1.07 bits per heavy atom. The van der Waals surface area contributed by atoms with Crippen molar-refractivity contribution in [3.05, 3.63) is 28.3 Å². The van der Waals surface area contributed by atoms with Gasteiger partial charge in [-0.1, -0.05) is 6.07 Å². The third kappa shape index (κ3) is 3.42. The number of fused-ring (bicyclic) bond motifs is 2. The predicted molar refractivity (Wildman–Crippen MR) is 102 cm³/mol. The van der Waals surface area contributed by atoms with Crippen molar-refractivity contribution in [1.29, 1.82) is 0 Å². The van der Waals surface area contributed by atoms with Gasteiger partial charge in [-0.2, -0.15) is 0 Å². The third-order valence-electron chi connectivity index (χ3n) is 5.97. The summed E-state index contributed by atoms with van der Waals surface area (Å²) in [7, 11) is -2.26. The zero-order chi connectivity index (χ0) is 19.2. The maximum Gasteiger partial charge on any atom is 0.332 e. The molecule has 1 unspecified atom stereocenters. The summed E-state index contributed by atoms with van der Waals surface area (Å²) in [6.07, 6.45) is 6.41. The second-order valence-corrected chi connectivity index (χ2v) is 9.73.